The molecule has 0 aromatic heterocycles. The first-order valence-corrected chi connectivity index (χ1v) is 19.3. The summed E-state index contributed by atoms with van der Waals surface area (Å²) in [5.74, 6) is 0.815. The molecule has 0 spiro atoms. The molecule has 3 nitrogen and oxygen atoms in total. The van der Waals surface area contributed by atoms with Gasteiger partial charge in [0.2, 0.25) is 0 Å². The van der Waals surface area contributed by atoms with E-state index in [0.29, 0.717) is 0 Å². The van der Waals surface area contributed by atoms with E-state index in [1.807, 2.05) is 12.1 Å². The molecule has 0 heterocycles. The van der Waals surface area contributed by atoms with Gasteiger partial charge in [0, 0.05) is 0 Å². The van der Waals surface area contributed by atoms with Crippen LogP contribution in [0.1, 0.15) is 17.5 Å². The van der Waals surface area contributed by atoms with Crippen molar-refractivity contribution in [2.45, 2.75) is 46.4 Å². The van der Waals surface area contributed by atoms with Crippen LogP contribution in [0.15, 0.2) is 40.3 Å². The average molecular weight is 371 g/mol. The fraction of sp³-hybridized carbons (Fsp3) is 0.500. The minimum atomic E-state index is -6.45. The third-order valence-electron chi connectivity index (χ3n) is 7.50. The van der Waals surface area contributed by atoms with E-state index in [-0.39, 0.29) is 0 Å². The molecule has 1 aliphatic carbocycles. The summed E-state index contributed by atoms with van der Waals surface area (Å²) in [7, 11) is 3.42. The number of hydrogen-bond acceptors (Lipinski definition) is 3. The van der Waals surface area contributed by atoms with Crippen LogP contribution in [0.25, 0.3) is 0 Å². The summed E-state index contributed by atoms with van der Waals surface area (Å²) < 4.78 is 21.5. The maximum atomic E-state index is 7.18. The van der Waals surface area contributed by atoms with Crippen molar-refractivity contribution in [3.8, 4) is 5.75 Å². The van der Waals surface area contributed by atoms with Gasteiger partial charge in [-0.2, -0.15) is 0 Å². The van der Waals surface area contributed by atoms with Crippen molar-refractivity contribution in [1.29, 1.82) is 0 Å². The average Bonchev–Trinajstić information content (AvgIpc) is 3.01. The van der Waals surface area contributed by atoms with Crippen molar-refractivity contribution in [3.63, 3.8) is 0 Å². The predicted molar refractivity (Wildman–Crippen MR) is 102 cm³/mol. The molecule has 24 heavy (non-hydrogen) atoms. The van der Waals surface area contributed by atoms with Crippen LogP contribution in [-0.2, 0) is 18.0 Å². The number of rotatable bonds is 5. The number of para-hydroxylation sites is 1. The van der Waals surface area contributed by atoms with Crippen molar-refractivity contribution in [2.24, 2.45) is 0 Å². The van der Waals surface area contributed by atoms with Gasteiger partial charge < -0.3 is 0 Å². The molecular formula is C20H35O3Ti. The fourth-order valence-electron chi connectivity index (χ4n) is 3.70. The molecule has 2 rings (SSSR count). The van der Waals surface area contributed by atoms with Gasteiger partial charge in [0.1, 0.15) is 0 Å². The van der Waals surface area contributed by atoms with Crippen LogP contribution in [0.4, 0.5) is 0 Å². The van der Waals surface area contributed by atoms with E-state index < -0.39 is 11.3 Å². The molecule has 0 unspecified atom stereocenters. The molecule has 0 N–H and O–H groups in total. The van der Waals surface area contributed by atoms with Crippen LogP contribution < -0.4 is 3.32 Å². The van der Waals surface area contributed by atoms with Gasteiger partial charge in [-0.25, -0.2) is 0 Å². The summed E-state index contributed by atoms with van der Waals surface area (Å²) in [6.07, 6.45) is 6.98. The number of hydrogen-bond donors (Lipinski definition) is 0. The molecule has 1 aromatic carbocycles. The van der Waals surface area contributed by atoms with Crippen LogP contribution in [0, 0.1) is 13.8 Å². The first-order valence-electron chi connectivity index (χ1n) is 8.84. The Kier molecular flexibility index (Phi) is 2.46. The minimum absolute atomic E-state index is 0.728. The van der Waals surface area contributed by atoms with Crippen molar-refractivity contribution in [2.75, 3.05) is 14.2 Å². The number of allylic oxidation sites excluding steroid dienone is 4. The molecule has 1 aliphatic rings. The summed E-state index contributed by atoms with van der Waals surface area (Å²) >= 11 is -6.45. The Bertz CT molecular complexity index is 852. The Hall–Kier alpha value is -0.866. The van der Waals surface area contributed by atoms with Gasteiger partial charge >= 0.3 is 139 Å². The van der Waals surface area contributed by atoms with E-state index >= 15 is 0 Å². The normalized spacial score (nSPS) is 23.7. The third-order valence-corrected chi connectivity index (χ3v) is 24.7. The molecule has 0 amide bonds. The molecule has 0 aliphatic heterocycles. The van der Waals surface area contributed by atoms with Crippen molar-refractivity contribution in [1.82, 2.24) is 0 Å². The Labute approximate surface area is 139 Å². The monoisotopic (exact) mass is 371 g/mol. The second-order valence-electron chi connectivity index (χ2n) is 13.9. The standard InChI is InChI=1S/C8H10O.C5H5.2CH3O.5CH3.Ti/c1-6-4-3-5-7(2)8(6)9;1-2-4-5-3-1;2*1-2;;;;;;/h3-5,9H,1-2H3;1-3H,4H2;2*1H3;5*1H3;/q;;2*-1;;;;;;+3/p-1. The van der Waals surface area contributed by atoms with E-state index in [9.17, 15) is 0 Å². The van der Waals surface area contributed by atoms with Crippen LogP contribution in [-0.4, -0.2) is 14.2 Å². The zero-order valence-electron chi connectivity index (χ0n) is 16.9. The Morgan fingerprint density at radius 2 is 1.38 bits per heavy atom. The molecule has 0 saturated carbocycles. The Balaban J connectivity index is 3.09. The van der Waals surface area contributed by atoms with Crippen LogP contribution in [0.2, 0.25) is 26.1 Å². The van der Waals surface area contributed by atoms with E-state index in [0.717, 1.165) is 27.2 Å². The third kappa shape index (κ3) is 2.22. The zero-order chi connectivity index (χ0) is 18.7. The molecule has 0 atom stereocenters. The first-order chi connectivity index (χ1) is 10.3. The van der Waals surface area contributed by atoms with Gasteiger partial charge in [0.05, 0.1) is 0 Å². The summed E-state index contributed by atoms with van der Waals surface area (Å²) in [4.78, 5) is 0. The number of benzene rings is 1. The van der Waals surface area contributed by atoms with Gasteiger partial charge in [-0.1, -0.05) is 0 Å². The van der Waals surface area contributed by atoms with Crippen molar-refractivity contribution < 1.29 is 21.3 Å². The Morgan fingerprint density at radius 1 is 0.875 bits per heavy atom. The summed E-state index contributed by atoms with van der Waals surface area (Å²) in [6, 6.07) is 6.15. The van der Waals surface area contributed by atoms with Gasteiger partial charge in [0.15, 0.2) is 0 Å². The molecule has 0 bridgehead atoms. The quantitative estimate of drug-likeness (QED) is 0.543. The molecular weight excluding hydrogens is 336 g/mol. The van der Waals surface area contributed by atoms with E-state index in [1.165, 1.54) is 0 Å². The van der Waals surface area contributed by atoms with Gasteiger partial charge in [0.25, 0.3) is 0 Å². The predicted octanol–water partition coefficient (Wildman–Crippen LogP) is 6.64. The summed E-state index contributed by atoms with van der Waals surface area (Å²) in [5, 5.41) is 10.3. The van der Waals surface area contributed by atoms with Crippen LogP contribution in [0.3, 0.4) is 0 Å². The fourth-order valence-corrected chi connectivity index (χ4v) is 11.7. The van der Waals surface area contributed by atoms with Gasteiger partial charge in [-0.05, 0) is 0 Å². The second-order valence-corrected chi connectivity index (χ2v) is 47.3. The Morgan fingerprint density at radius 3 is 1.75 bits per heavy atom. The molecule has 1 aromatic rings. The van der Waals surface area contributed by atoms with Crippen LogP contribution in [0.5, 0.6) is 5.75 Å². The summed E-state index contributed by atoms with van der Waals surface area (Å²) in [5.41, 5.74) is 2.12. The van der Waals surface area contributed by atoms with Gasteiger partial charge in [-0.3, -0.25) is 0 Å². The van der Waals surface area contributed by atoms with Crippen molar-refractivity contribution >= 4 is 0 Å². The maximum absolute atomic E-state index is 7.18. The molecule has 0 radical (unpaired) electrons. The van der Waals surface area contributed by atoms with E-state index in [1.54, 1.807) is 14.2 Å². The number of aryl methyl sites for hydroxylation is 2. The molecule has 137 valence electrons. The summed E-state index contributed by atoms with van der Waals surface area (Å²) in [6.45, 7) is 4.11. The molecule has 0 fully saturated rings. The second kappa shape index (κ2) is 3.03. The topological polar surface area (TPSA) is 27.7 Å². The van der Waals surface area contributed by atoms with Crippen LogP contribution >= 0.6 is 0 Å². The molecule has 4 heteroatoms. The van der Waals surface area contributed by atoms with E-state index in [4.69, 9.17) is 9.96 Å². The molecule has 0 saturated heterocycles. The van der Waals surface area contributed by atoms with E-state index in [2.05, 4.69) is 64.3 Å². The first kappa shape index (κ1) is 19.5. The van der Waals surface area contributed by atoms with Gasteiger partial charge in [-0.15, -0.1) is 0 Å². The zero-order valence-corrected chi connectivity index (χ0v) is 18.5. The van der Waals surface area contributed by atoms with Crippen molar-refractivity contribution in [3.05, 3.63) is 51.4 Å². The SMILES string of the molecule is C[O][Ti]([CH3])([CH3])([CH3])([CH3])([CH3])([O]C)([O]c1c(C)cccc1C)[C]1=CC=CC1.